The van der Waals surface area contributed by atoms with E-state index in [4.69, 9.17) is 11.6 Å². The smallest absolute Gasteiger partial charge is 0.309 e. The first-order chi connectivity index (χ1) is 10.5. The van der Waals surface area contributed by atoms with Gasteiger partial charge in [0.1, 0.15) is 11.9 Å². The summed E-state index contributed by atoms with van der Waals surface area (Å²) < 4.78 is 3.03. The van der Waals surface area contributed by atoms with E-state index in [1.807, 2.05) is 0 Å². The Balaban J connectivity index is 1.73. The van der Waals surface area contributed by atoms with Gasteiger partial charge >= 0.3 is 5.69 Å². The van der Waals surface area contributed by atoms with Crippen LogP contribution in [0.25, 0.3) is 0 Å². The first-order valence-electron chi connectivity index (χ1n) is 6.59. The molecule has 22 heavy (non-hydrogen) atoms. The molecule has 0 aromatic carbocycles. The van der Waals surface area contributed by atoms with E-state index in [-0.39, 0.29) is 24.6 Å². The van der Waals surface area contributed by atoms with Gasteiger partial charge in [0.2, 0.25) is 5.91 Å². The van der Waals surface area contributed by atoms with Crippen LogP contribution in [0.5, 0.6) is 0 Å². The van der Waals surface area contributed by atoms with Gasteiger partial charge in [-0.1, -0.05) is 11.6 Å². The Labute approximate surface area is 131 Å². The number of nitrogens with one attached hydrogen (secondary N) is 1. The van der Waals surface area contributed by atoms with Crippen molar-refractivity contribution >= 4 is 23.2 Å². The molecule has 1 amide bonds. The third kappa shape index (κ3) is 4.29. The molecule has 0 bridgehead atoms. The quantitative estimate of drug-likeness (QED) is 0.606. The van der Waals surface area contributed by atoms with Crippen LogP contribution in [0.2, 0.25) is 5.02 Å². The number of nitrogens with zero attached hydrogens (tertiary/aromatic N) is 5. The summed E-state index contributed by atoms with van der Waals surface area (Å²) in [6, 6.07) is 0. The van der Waals surface area contributed by atoms with Gasteiger partial charge in [0.25, 0.3) is 0 Å². The maximum Gasteiger partial charge on any atom is 0.309 e. The average Bonchev–Trinajstić information content (AvgIpc) is 3.02. The summed E-state index contributed by atoms with van der Waals surface area (Å²) in [6.07, 6.45) is 4.71. The van der Waals surface area contributed by atoms with Crippen molar-refractivity contribution in [3.63, 3.8) is 0 Å². The molecule has 2 aromatic rings. The highest BCUT2D eigenvalue weighted by molar-refractivity contribution is 6.30. The molecule has 2 rings (SSSR count). The minimum atomic E-state index is -0.492. The Kier molecular flexibility index (Phi) is 5.10. The predicted molar refractivity (Wildman–Crippen MR) is 78.5 cm³/mol. The molecular formula is C12H15ClN6O3. The number of hydrogen-bond acceptors (Lipinski definition) is 5. The topological polar surface area (TPSA) is 108 Å². The van der Waals surface area contributed by atoms with E-state index in [2.05, 4.69) is 15.5 Å². The molecule has 0 aliphatic heterocycles. The fourth-order valence-corrected chi connectivity index (χ4v) is 2.03. The van der Waals surface area contributed by atoms with Gasteiger partial charge in [-0.05, 0) is 6.92 Å². The number of carbonyl (C=O) groups excluding carboxylic acids is 1. The van der Waals surface area contributed by atoms with Crippen LogP contribution in [0.3, 0.4) is 0 Å². The molecule has 2 heterocycles. The van der Waals surface area contributed by atoms with E-state index < -0.39 is 4.92 Å². The summed E-state index contributed by atoms with van der Waals surface area (Å²) in [7, 11) is 0. The standard InChI is InChI=1S/C12H15ClN6O3/c1-9-11(19(21)22)8-18(16-9)4-2-12(20)14-3-5-17-7-10(13)6-15-17/h6-8H,2-5H2,1H3,(H,14,20). The van der Waals surface area contributed by atoms with E-state index in [1.165, 1.54) is 17.1 Å². The largest absolute Gasteiger partial charge is 0.354 e. The second-order valence-electron chi connectivity index (χ2n) is 4.64. The minimum absolute atomic E-state index is 0.0454. The Morgan fingerprint density at radius 1 is 1.41 bits per heavy atom. The highest BCUT2D eigenvalue weighted by Gasteiger charge is 2.15. The second-order valence-corrected chi connectivity index (χ2v) is 5.08. The van der Waals surface area contributed by atoms with E-state index in [0.717, 1.165) is 0 Å². The summed E-state index contributed by atoms with van der Waals surface area (Å²) in [4.78, 5) is 21.9. The molecule has 1 N–H and O–H groups in total. The van der Waals surface area contributed by atoms with Crippen LogP contribution in [-0.2, 0) is 17.9 Å². The zero-order chi connectivity index (χ0) is 16.1. The number of carbonyl (C=O) groups is 1. The maximum absolute atomic E-state index is 11.7. The highest BCUT2D eigenvalue weighted by atomic mass is 35.5. The molecule has 9 nitrogen and oxygen atoms in total. The van der Waals surface area contributed by atoms with Gasteiger partial charge in [0.05, 0.1) is 22.7 Å². The lowest BCUT2D eigenvalue weighted by molar-refractivity contribution is -0.385. The van der Waals surface area contributed by atoms with Gasteiger partial charge in [0, 0.05) is 25.7 Å². The summed E-state index contributed by atoms with van der Waals surface area (Å²) >= 11 is 5.73. The summed E-state index contributed by atoms with van der Waals surface area (Å²) in [5, 5.41) is 22.0. The van der Waals surface area contributed by atoms with Crippen molar-refractivity contribution in [2.75, 3.05) is 6.54 Å². The molecule has 0 atom stereocenters. The van der Waals surface area contributed by atoms with Crippen LogP contribution >= 0.6 is 11.6 Å². The van der Waals surface area contributed by atoms with E-state index in [1.54, 1.807) is 17.8 Å². The van der Waals surface area contributed by atoms with Crippen molar-refractivity contribution in [2.24, 2.45) is 0 Å². The normalized spacial score (nSPS) is 10.6. The van der Waals surface area contributed by atoms with E-state index >= 15 is 0 Å². The number of nitro groups is 1. The minimum Gasteiger partial charge on any atom is -0.354 e. The Hall–Kier alpha value is -2.42. The molecule has 0 fully saturated rings. The lowest BCUT2D eigenvalue weighted by Gasteiger charge is -2.05. The second kappa shape index (κ2) is 7.03. The average molecular weight is 327 g/mol. The molecule has 0 aliphatic rings. The van der Waals surface area contributed by atoms with Gasteiger partial charge in [-0.3, -0.25) is 24.3 Å². The third-order valence-electron chi connectivity index (χ3n) is 2.95. The van der Waals surface area contributed by atoms with Crippen LogP contribution in [0.4, 0.5) is 5.69 Å². The zero-order valence-electron chi connectivity index (χ0n) is 11.9. The summed E-state index contributed by atoms with van der Waals surface area (Å²) in [5.41, 5.74) is 0.289. The lowest BCUT2D eigenvalue weighted by Crippen LogP contribution is -2.28. The predicted octanol–water partition coefficient (Wildman–Crippen LogP) is 1.16. The van der Waals surface area contributed by atoms with Crippen molar-refractivity contribution in [2.45, 2.75) is 26.4 Å². The first kappa shape index (κ1) is 16.0. The Bertz CT molecular complexity index is 680. The zero-order valence-corrected chi connectivity index (χ0v) is 12.7. The molecular weight excluding hydrogens is 312 g/mol. The molecule has 0 radical (unpaired) electrons. The van der Waals surface area contributed by atoms with E-state index in [9.17, 15) is 14.9 Å². The first-order valence-corrected chi connectivity index (χ1v) is 6.96. The number of aryl methyl sites for hydroxylation is 2. The van der Waals surface area contributed by atoms with Gasteiger partial charge in [-0.15, -0.1) is 0 Å². The summed E-state index contributed by atoms with van der Waals surface area (Å²) in [5.74, 6) is -0.158. The fourth-order valence-electron chi connectivity index (χ4n) is 1.88. The van der Waals surface area contributed by atoms with Crippen molar-refractivity contribution in [1.29, 1.82) is 0 Å². The van der Waals surface area contributed by atoms with Crippen LogP contribution < -0.4 is 5.32 Å². The SMILES string of the molecule is Cc1nn(CCC(=O)NCCn2cc(Cl)cn2)cc1[N+](=O)[O-]. The number of hydrogen-bond donors (Lipinski definition) is 1. The molecule has 0 saturated carbocycles. The van der Waals surface area contributed by atoms with Gasteiger partial charge in [-0.2, -0.15) is 10.2 Å². The molecule has 0 saturated heterocycles. The van der Waals surface area contributed by atoms with Crippen molar-refractivity contribution in [3.05, 3.63) is 39.4 Å². The Morgan fingerprint density at radius 2 is 2.18 bits per heavy atom. The van der Waals surface area contributed by atoms with Crippen LogP contribution in [0.1, 0.15) is 12.1 Å². The van der Waals surface area contributed by atoms with Gasteiger partial charge < -0.3 is 5.32 Å². The molecule has 2 aromatic heterocycles. The van der Waals surface area contributed by atoms with Crippen molar-refractivity contribution < 1.29 is 9.72 Å². The monoisotopic (exact) mass is 326 g/mol. The molecule has 118 valence electrons. The van der Waals surface area contributed by atoms with Crippen LogP contribution in [-0.4, -0.2) is 36.9 Å². The van der Waals surface area contributed by atoms with Crippen LogP contribution in [0.15, 0.2) is 18.6 Å². The maximum atomic E-state index is 11.7. The number of halogens is 1. The molecule has 0 unspecified atom stereocenters. The van der Waals surface area contributed by atoms with Crippen molar-refractivity contribution in [3.8, 4) is 0 Å². The van der Waals surface area contributed by atoms with Gasteiger partial charge in [0.15, 0.2) is 0 Å². The number of rotatable bonds is 7. The third-order valence-corrected chi connectivity index (χ3v) is 3.15. The Morgan fingerprint density at radius 3 is 2.77 bits per heavy atom. The van der Waals surface area contributed by atoms with Gasteiger partial charge in [-0.25, -0.2) is 0 Å². The summed E-state index contributed by atoms with van der Waals surface area (Å²) in [6.45, 7) is 2.79. The molecule has 0 aliphatic carbocycles. The van der Waals surface area contributed by atoms with E-state index in [0.29, 0.717) is 23.8 Å². The molecule has 10 heteroatoms. The van der Waals surface area contributed by atoms with Crippen molar-refractivity contribution in [1.82, 2.24) is 24.9 Å². The lowest BCUT2D eigenvalue weighted by atomic mass is 10.4. The molecule has 0 spiro atoms. The van der Waals surface area contributed by atoms with Crippen LogP contribution in [0, 0.1) is 17.0 Å². The number of amides is 1. The fraction of sp³-hybridized carbons (Fsp3) is 0.417. The highest BCUT2D eigenvalue weighted by Crippen LogP contribution is 2.14. The number of aromatic nitrogens is 4.